The fourth-order valence-corrected chi connectivity index (χ4v) is 2.45. The fourth-order valence-electron chi connectivity index (χ4n) is 1.76. The molecular weight excluding hydrogens is 333 g/mol. The first-order valence-electron chi connectivity index (χ1n) is 6.01. The number of nitrogens with zero attached hydrogens (tertiary/aromatic N) is 2. The third-order valence-corrected chi connectivity index (χ3v) is 3.78. The van der Waals surface area contributed by atoms with Gasteiger partial charge in [0.2, 0.25) is 5.91 Å². The van der Waals surface area contributed by atoms with Crippen LogP contribution in [0.15, 0.2) is 24.3 Å². The van der Waals surface area contributed by atoms with Gasteiger partial charge in [-0.15, -0.1) is 0 Å². The lowest BCUT2D eigenvalue weighted by molar-refractivity contribution is -0.111. The molecular formula is C14H12Cl3N3O. The minimum absolute atomic E-state index is 0.321. The lowest BCUT2D eigenvalue weighted by atomic mass is 10.2. The van der Waals surface area contributed by atoms with Crippen molar-refractivity contribution < 1.29 is 4.79 Å². The van der Waals surface area contributed by atoms with E-state index < -0.39 is 0 Å². The number of nitrogens with one attached hydrogen (secondary N) is 1. The van der Waals surface area contributed by atoms with Crippen LogP contribution in [0, 0.1) is 6.92 Å². The third-order valence-electron chi connectivity index (χ3n) is 2.79. The van der Waals surface area contributed by atoms with Gasteiger partial charge in [0.15, 0.2) is 0 Å². The Bertz CT molecular complexity index is 722. The summed E-state index contributed by atoms with van der Waals surface area (Å²) in [6.07, 6.45) is 2.99. The molecule has 2 rings (SSSR count). The Morgan fingerprint density at radius 1 is 1.33 bits per heavy atom. The van der Waals surface area contributed by atoms with Crippen LogP contribution in [-0.2, 0) is 11.8 Å². The van der Waals surface area contributed by atoms with Crippen LogP contribution in [0.3, 0.4) is 0 Å². The molecule has 1 N–H and O–H groups in total. The molecule has 0 aliphatic rings. The quantitative estimate of drug-likeness (QED) is 0.842. The molecule has 0 saturated carbocycles. The molecule has 21 heavy (non-hydrogen) atoms. The first-order valence-corrected chi connectivity index (χ1v) is 7.15. The highest BCUT2D eigenvalue weighted by atomic mass is 35.5. The van der Waals surface area contributed by atoms with Crippen LogP contribution in [0.4, 0.5) is 5.69 Å². The molecule has 7 heteroatoms. The zero-order chi connectivity index (χ0) is 15.6. The number of anilines is 1. The molecule has 0 aliphatic heterocycles. The molecule has 1 aromatic heterocycles. The molecule has 0 radical (unpaired) electrons. The number of aryl methyl sites for hydroxylation is 2. The Balaban J connectivity index is 2.13. The van der Waals surface area contributed by atoms with Crippen molar-refractivity contribution >= 4 is 52.5 Å². The molecule has 2 aromatic rings. The summed E-state index contributed by atoms with van der Waals surface area (Å²) < 4.78 is 1.55. The number of carbonyl (C=O) groups is 1. The van der Waals surface area contributed by atoms with E-state index in [1.165, 1.54) is 6.08 Å². The Hall–Kier alpha value is -1.49. The molecule has 0 saturated heterocycles. The number of rotatable bonds is 3. The van der Waals surface area contributed by atoms with Gasteiger partial charge in [0.25, 0.3) is 0 Å². The number of amides is 1. The van der Waals surface area contributed by atoms with Gasteiger partial charge in [0.05, 0.1) is 16.4 Å². The number of aromatic nitrogens is 2. The second-order valence-corrected chi connectivity index (χ2v) is 5.56. The van der Waals surface area contributed by atoms with Gasteiger partial charge >= 0.3 is 0 Å². The number of hydrogen-bond acceptors (Lipinski definition) is 2. The van der Waals surface area contributed by atoms with Crippen LogP contribution in [0.1, 0.15) is 11.3 Å². The van der Waals surface area contributed by atoms with Crippen molar-refractivity contribution in [3.63, 3.8) is 0 Å². The van der Waals surface area contributed by atoms with Crippen molar-refractivity contribution in [1.29, 1.82) is 0 Å². The summed E-state index contributed by atoms with van der Waals surface area (Å²) in [6.45, 7) is 1.82. The van der Waals surface area contributed by atoms with Crippen LogP contribution in [0.2, 0.25) is 15.2 Å². The number of hydrogen-bond donors (Lipinski definition) is 1. The van der Waals surface area contributed by atoms with E-state index in [1.807, 2.05) is 6.92 Å². The molecule has 0 fully saturated rings. The van der Waals surface area contributed by atoms with Crippen LogP contribution in [-0.4, -0.2) is 15.7 Å². The summed E-state index contributed by atoms with van der Waals surface area (Å²) in [5, 5.41) is 8.18. The summed E-state index contributed by atoms with van der Waals surface area (Å²) in [7, 11) is 1.74. The van der Waals surface area contributed by atoms with E-state index in [1.54, 1.807) is 36.0 Å². The SMILES string of the molecule is Cc1nn(C)c(Cl)c1C=CC(=O)Nc1ccc(Cl)cc1Cl. The molecule has 1 heterocycles. The second-order valence-electron chi connectivity index (χ2n) is 4.36. The van der Waals surface area contributed by atoms with Crippen molar-refractivity contribution in [1.82, 2.24) is 9.78 Å². The highest BCUT2D eigenvalue weighted by Gasteiger charge is 2.09. The zero-order valence-corrected chi connectivity index (χ0v) is 13.6. The first kappa shape index (κ1) is 15.9. The van der Waals surface area contributed by atoms with E-state index in [2.05, 4.69) is 10.4 Å². The van der Waals surface area contributed by atoms with E-state index in [9.17, 15) is 4.79 Å². The summed E-state index contributed by atoms with van der Waals surface area (Å²) in [4.78, 5) is 11.9. The number of benzene rings is 1. The van der Waals surface area contributed by atoms with Crippen molar-refractivity contribution in [3.8, 4) is 0 Å². The Labute approximate surface area is 137 Å². The maximum absolute atomic E-state index is 11.9. The van der Waals surface area contributed by atoms with E-state index in [0.29, 0.717) is 26.4 Å². The molecule has 0 atom stereocenters. The minimum Gasteiger partial charge on any atom is -0.321 e. The van der Waals surface area contributed by atoms with Gasteiger partial charge in [-0.25, -0.2) is 0 Å². The van der Waals surface area contributed by atoms with Crippen LogP contribution in [0.5, 0.6) is 0 Å². The average Bonchev–Trinajstić information content (AvgIpc) is 2.65. The maximum atomic E-state index is 11.9. The van der Waals surface area contributed by atoms with Gasteiger partial charge in [-0.05, 0) is 31.2 Å². The second kappa shape index (κ2) is 6.52. The number of carbonyl (C=O) groups excluding carboxylic acids is 1. The highest BCUT2D eigenvalue weighted by Crippen LogP contribution is 2.25. The first-order chi connectivity index (χ1) is 9.88. The standard InChI is InChI=1S/C14H12Cl3N3O/c1-8-10(14(17)20(2)19-8)4-6-13(21)18-12-5-3-9(15)7-11(12)16/h3-7H,1-2H3,(H,18,21). The zero-order valence-electron chi connectivity index (χ0n) is 11.3. The molecule has 110 valence electrons. The topological polar surface area (TPSA) is 46.9 Å². The number of halogens is 3. The Morgan fingerprint density at radius 3 is 2.62 bits per heavy atom. The van der Waals surface area contributed by atoms with Gasteiger partial charge < -0.3 is 5.32 Å². The average molecular weight is 345 g/mol. The van der Waals surface area contributed by atoms with Gasteiger partial charge in [0.1, 0.15) is 5.15 Å². The Morgan fingerprint density at radius 2 is 2.05 bits per heavy atom. The molecule has 4 nitrogen and oxygen atoms in total. The minimum atomic E-state index is -0.321. The van der Waals surface area contributed by atoms with E-state index in [-0.39, 0.29) is 5.91 Å². The fraction of sp³-hybridized carbons (Fsp3) is 0.143. The van der Waals surface area contributed by atoms with Crippen molar-refractivity contribution in [2.75, 3.05) is 5.32 Å². The van der Waals surface area contributed by atoms with Crippen molar-refractivity contribution in [2.24, 2.45) is 7.05 Å². The van der Waals surface area contributed by atoms with Gasteiger partial charge in [-0.1, -0.05) is 34.8 Å². The van der Waals surface area contributed by atoms with E-state index >= 15 is 0 Å². The summed E-state index contributed by atoms with van der Waals surface area (Å²) in [5.74, 6) is -0.321. The van der Waals surface area contributed by atoms with Gasteiger partial charge in [-0.2, -0.15) is 5.10 Å². The molecule has 0 unspecified atom stereocenters. The van der Waals surface area contributed by atoms with Crippen LogP contribution < -0.4 is 5.32 Å². The van der Waals surface area contributed by atoms with Crippen molar-refractivity contribution in [3.05, 3.63) is 50.7 Å². The lowest BCUT2D eigenvalue weighted by Gasteiger charge is -2.04. The molecule has 1 aromatic carbocycles. The van der Waals surface area contributed by atoms with Crippen LogP contribution >= 0.6 is 34.8 Å². The third kappa shape index (κ3) is 3.79. The van der Waals surface area contributed by atoms with E-state index in [0.717, 1.165) is 5.69 Å². The Kier molecular flexibility index (Phi) is 4.93. The van der Waals surface area contributed by atoms with Crippen LogP contribution in [0.25, 0.3) is 6.08 Å². The molecule has 0 bridgehead atoms. The van der Waals surface area contributed by atoms with Crippen molar-refractivity contribution in [2.45, 2.75) is 6.92 Å². The smallest absolute Gasteiger partial charge is 0.248 e. The summed E-state index contributed by atoms with van der Waals surface area (Å²) >= 11 is 17.9. The predicted molar refractivity (Wildman–Crippen MR) is 87.1 cm³/mol. The lowest BCUT2D eigenvalue weighted by Crippen LogP contribution is -2.08. The molecule has 0 spiro atoms. The normalized spacial score (nSPS) is 11.1. The maximum Gasteiger partial charge on any atom is 0.248 e. The van der Waals surface area contributed by atoms with Gasteiger partial charge in [-0.3, -0.25) is 9.48 Å². The van der Waals surface area contributed by atoms with Gasteiger partial charge in [0, 0.05) is 23.7 Å². The van der Waals surface area contributed by atoms with E-state index in [4.69, 9.17) is 34.8 Å². The predicted octanol–water partition coefficient (Wildman–Crippen LogP) is 4.34. The summed E-state index contributed by atoms with van der Waals surface area (Å²) in [6, 6.07) is 4.85. The highest BCUT2D eigenvalue weighted by molar-refractivity contribution is 6.36. The summed E-state index contributed by atoms with van der Waals surface area (Å²) in [5.41, 5.74) is 1.94. The largest absolute Gasteiger partial charge is 0.321 e. The monoisotopic (exact) mass is 343 g/mol. The molecule has 1 amide bonds. The molecule has 0 aliphatic carbocycles.